The average Bonchev–Trinajstić information content (AvgIpc) is 3.22. The number of rotatable bonds is 4. The fourth-order valence-electron chi connectivity index (χ4n) is 2.12. The molecule has 0 atom stereocenters. The summed E-state index contributed by atoms with van der Waals surface area (Å²) in [6.07, 6.45) is 3.56. The van der Waals surface area contributed by atoms with Crippen molar-refractivity contribution in [2.45, 2.75) is 0 Å². The van der Waals surface area contributed by atoms with Crippen LogP contribution >= 0.6 is 23.6 Å². The van der Waals surface area contributed by atoms with Crippen LogP contribution in [0.4, 0.5) is 0 Å². The second kappa shape index (κ2) is 6.57. The standard InChI is InChI=1S/C17H12N4S2/c18-10-12(17(19)22)9-13-11-21(14-5-2-1-3-6-14)20-16(13)15-7-4-8-23-15/h1-9,11H,(H2,19,22)/b12-9+. The molecule has 0 radical (unpaired) electrons. The molecule has 3 rings (SSSR count). The molecule has 0 bridgehead atoms. The molecule has 3 aromatic rings. The predicted octanol–water partition coefficient (Wildman–Crippen LogP) is 3.79. The van der Waals surface area contributed by atoms with Crippen molar-refractivity contribution in [2.75, 3.05) is 0 Å². The highest BCUT2D eigenvalue weighted by Crippen LogP contribution is 2.29. The number of nitrogens with zero attached hydrogens (tertiary/aromatic N) is 3. The van der Waals surface area contributed by atoms with Gasteiger partial charge in [-0.25, -0.2) is 4.68 Å². The van der Waals surface area contributed by atoms with E-state index in [4.69, 9.17) is 18.0 Å². The zero-order valence-electron chi connectivity index (χ0n) is 12.0. The smallest absolute Gasteiger partial charge is 0.114 e. The van der Waals surface area contributed by atoms with E-state index in [9.17, 15) is 5.26 Å². The summed E-state index contributed by atoms with van der Waals surface area (Å²) in [5.41, 5.74) is 8.42. The van der Waals surface area contributed by atoms with Gasteiger partial charge < -0.3 is 5.73 Å². The van der Waals surface area contributed by atoms with Gasteiger partial charge in [0.2, 0.25) is 0 Å². The van der Waals surface area contributed by atoms with Crippen LogP contribution in [0.5, 0.6) is 0 Å². The van der Waals surface area contributed by atoms with Gasteiger partial charge in [0.05, 0.1) is 16.1 Å². The summed E-state index contributed by atoms with van der Waals surface area (Å²) < 4.78 is 1.79. The molecule has 0 aliphatic heterocycles. The van der Waals surface area contributed by atoms with Crippen molar-refractivity contribution < 1.29 is 0 Å². The molecule has 0 unspecified atom stereocenters. The highest BCUT2D eigenvalue weighted by atomic mass is 32.1. The fraction of sp³-hybridized carbons (Fsp3) is 0. The normalized spacial score (nSPS) is 11.2. The van der Waals surface area contributed by atoms with E-state index < -0.39 is 0 Å². The summed E-state index contributed by atoms with van der Waals surface area (Å²) in [5, 5.41) is 15.8. The summed E-state index contributed by atoms with van der Waals surface area (Å²) in [6.45, 7) is 0. The van der Waals surface area contributed by atoms with Crippen LogP contribution in [0, 0.1) is 11.3 Å². The van der Waals surface area contributed by atoms with Gasteiger partial charge in [0.15, 0.2) is 0 Å². The summed E-state index contributed by atoms with van der Waals surface area (Å²) in [5.74, 6) is 0. The zero-order valence-corrected chi connectivity index (χ0v) is 13.6. The number of hydrogen-bond acceptors (Lipinski definition) is 4. The van der Waals surface area contributed by atoms with Gasteiger partial charge in [-0.05, 0) is 29.7 Å². The Balaban J connectivity index is 2.16. The van der Waals surface area contributed by atoms with Crippen molar-refractivity contribution in [1.82, 2.24) is 9.78 Å². The van der Waals surface area contributed by atoms with Crippen LogP contribution in [0.1, 0.15) is 5.56 Å². The Kier molecular flexibility index (Phi) is 4.33. The Morgan fingerprint density at radius 2 is 2.04 bits per heavy atom. The second-order valence-electron chi connectivity index (χ2n) is 4.72. The van der Waals surface area contributed by atoms with Crippen molar-refractivity contribution in [3.8, 4) is 22.3 Å². The minimum atomic E-state index is 0.0806. The average molecular weight is 336 g/mol. The number of para-hydroxylation sites is 1. The molecule has 0 saturated carbocycles. The van der Waals surface area contributed by atoms with Gasteiger partial charge in [-0.2, -0.15) is 10.4 Å². The Labute approximate surface area is 143 Å². The van der Waals surface area contributed by atoms with E-state index >= 15 is 0 Å². The molecular weight excluding hydrogens is 324 g/mol. The lowest BCUT2D eigenvalue weighted by atomic mass is 10.1. The predicted molar refractivity (Wildman–Crippen MR) is 97.3 cm³/mol. The number of nitrogens with two attached hydrogens (primary N) is 1. The molecule has 2 heterocycles. The van der Waals surface area contributed by atoms with E-state index in [2.05, 4.69) is 5.10 Å². The number of thiocarbonyl (C=S) groups is 1. The van der Waals surface area contributed by atoms with Gasteiger partial charge in [-0.15, -0.1) is 11.3 Å². The highest BCUT2D eigenvalue weighted by molar-refractivity contribution is 7.80. The van der Waals surface area contributed by atoms with E-state index in [0.29, 0.717) is 0 Å². The molecule has 0 aliphatic carbocycles. The van der Waals surface area contributed by atoms with Crippen LogP contribution in [-0.4, -0.2) is 14.8 Å². The van der Waals surface area contributed by atoms with E-state index in [1.54, 1.807) is 22.1 Å². The minimum Gasteiger partial charge on any atom is -0.389 e. The summed E-state index contributed by atoms with van der Waals surface area (Å²) in [4.78, 5) is 1.10. The second-order valence-corrected chi connectivity index (χ2v) is 6.11. The van der Waals surface area contributed by atoms with Gasteiger partial charge in [0.25, 0.3) is 0 Å². The molecule has 1 aromatic carbocycles. The third-order valence-corrected chi connectivity index (χ3v) is 4.30. The molecule has 2 aromatic heterocycles. The summed E-state index contributed by atoms with van der Waals surface area (Å²) in [7, 11) is 0. The Morgan fingerprint density at radius 3 is 2.65 bits per heavy atom. The molecule has 23 heavy (non-hydrogen) atoms. The van der Waals surface area contributed by atoms with Crippen molar-refractivity contribution in [3.05, 3.63) is 65.2 Å². The number of thiophene rings is 1. The third-order valence-electron chi connectivity index (χ3n) is 3.20. The molecule has 0 spiro atoms. The van der Waals surface area contributed by atoms with Crippen LogP contribution in [-0.2, 0) is 0 Å². The van der Waals surface area contributed by atoms with Gasteiger partial charge in [-0.3, -0.25) is 0 Å². The van der Waals surface area contributed by atoms with Crippen LogP contribution in [0.15, 0.2) is 59.6 Å². The first kappa shape index (κ1) is 15.2. The van der Waals surface area contributed by atoms with Gasteiger partial charge in [0, 0.05) is 11.8 Å². The monoisotopic (exact) mass is 336 g/mol. The lowest BCUT2D eigenvalue weighted by Gasteiger charge is -1.99. The van der Waals surface area contributed by atoms with Crippen molar-refractivity contribution in [1.29, 1.82) is 5.26 Å². The van der Waals surface area contributed by atoms with Crippen LogP contribution in [0.3, 0.4) is 0 Å². The van der Waals surface area contributed by atoms with Gasteiger partial charge in [0.1, 0.15) is 16.8 Å². The maximum Gasteiger partial charge on any atom is 0.114 e. The molecule has 2 N–H and O–H groups in total. The SMILES string of the molecule is N#C/C(=C\c1cn(-c2ccccc2)nc1-c1cccs1)C(N)=S. The molecule has 6 heteroatoms. The maximum atomic E-state index is 9.19. The number of hydrogen-bond donors (Lipinski definition) is 1. The summed E-state index contributed by atoms with van der Waals surface area (Å²) in [6, 6.07) is 15.8. The molecule has 0 saturated heterocycles. The van der Waals surface area contributed by atoms with E-state index in [0.717, 1.165) is 21.8 Å². The first-order valence-electron chi connectivity index (χ1n) is 6.79. The van der Waals surface area contributed by atoms with E-state index in [1.165, 1.54) is 0 Å². The Morgan fingerprint density at radius 1 is 1.26 bits per heavy atom. The van der Waals surface area contributed by atoms with Gasteiger partial charge in [-0.1, -0.05) is 36.5 Å². The van der Waals surface area contributed by atoms with Gasteiger partial charge >= 0.3 is 0 Å². The van der Waals surface area contributed by atoms with E-state index in [1.807, 2.05) is 60.1 Å². The Hall–Kier alpha value is -2.75. The molecule has 112 valence electrons. The van der Waals surface area contributed by atoms with E-state index in [-0.39, 0.29) is 10.6 Å². The quantitative estimate of drug-likeness (QED) is 0.447. The fourth-order valence-corrected chi connectivity index (χ4v) is 2.96. The lowest BCUT2D eigenvalue weighted by Crippen LogP contribution is -2.09. The molecular formula is C17H12N4S2. The maximum absolute atomic E-state index is 9.19. The number of benzene rings is 1. The lowest BCUT2D eigenvalue weighted by molar-refractivity contribution is 0.885. The molecule has 0 amide bonds. The topological polar surface area (TPSA) is 67.6 Å². The van der Waals surface area contributed by atoms with Crippen molar-refractivity contribution >= 4 is 34.6 Å². The molecule has 4 nitrogen and oxygen atoms in total. The molecule has 0 aliphatic rings. The first-order valence-corrected chi connectivity index (χ1v) is 8.08. The minimum absolute atomic E-state index is 0.0806. The largest absolute Gasteiger partial charge is 0.389 e. The van der Waals surface area contributed by atoms with Crippen molar-refractivity contribution in [2.24, 2.45) is 5.73 Å². The highest BCUT2D eigenvalue weighted by Gasteiger charge is 2.13. The first-order chi connectivity index (χ1) is 11.2. The number of nitriles is 1. The number of aromatic nitrogens is 2. The van der Waals surface area contributed by atoms with Crippen LogP contribution in [0.25, 0.3) is 22.3 Å². The summed E-state index contributed by atoms with van der Waals surface area (Å²) >= 11 is 6.51. The van der Waals surface area contributed by atoms with Crippen LogP contribution in [0.2, 0.25) is 0 Å². The Bertz CT molecular complexity index is 900. The molecule has 0 fully saturated rings. The third kappa shape index (κ3) is 3.21. The van der Waals surface area contributed by atoms with Crippen LogP contribution < -0.4 is 5.73 Å². The zero-order chi connectivity index (χ0) is 16.2. The van der Waals surface area contributed by atoms with Crippen molar-refractivity contribution in [3.63, 3.8) is 0 Å².